The van der Waals surface area contributed by atoms with E-state index in [1.165, 1.54) is 0 Å². The van der Waals surface area contributed by atoms with Crippen LogP contribution in [0.2, 0.25) is 15.1 Å². The van der Waals surface area contributed by atoms with E-state index in [1.807, 2.05) is 30.3 Å². The maximum Gasteiger partial charge on any atom is 0.147 e. The summed E-state index contributed by atoms with van der Waals surface area (Å²) in [4.78, 5) is 8.61. The molecule has 0 fully saturated rings. The first-order chi connectivity index (χ1) is 13.6. The minimum atomic E-state index is -0.551. The number of aromatic nitrogens is 2. The molecule has 0 aliphatic rings. The summed E-state index contributed by atoms with van der Waals surface area (Å²) in [6.45, 7) is 0. The Morgan fingerprint density at radius 1 is 0.821 bits per heavy atom. The number of hydrogen-bond acceptors (Lipinski definition) is 4. The molecule has 2 aromatic heterocycles. The van der Waals surface area contributed by atoms with Crippen LogP contribution in [0.3, 0.4) is 0 Å². The zero-order chi connectivity index (χ0) is 19.7. The SMILES string of the molecule is Oc1c(C(Nc2ccccn2)c2cccc(Cl)c2Cl)cc(Cl)c2cccnc12. The lowest BCUT2D eigenvalue weighted by molar-refractivity contribution is 0.471. The molecule has 4 rings (SSSR count). The highest BCUT2D eigenvalue weighted by Gasteiger charge is 2.24. The number of hydrogen-bond donors (Lipinski definition) is 2. The number of phenolic OH excluding ortho intramolecular Hbond substituents is 1. The molecule has 1 unspecified atom stereocenters. The second-order valence-electron chi connectivity index (χ2n) is 6.13. The van der Waals surface area contributed by atoms with Crippen molar-refractivity contribution in [3.05, 3.63) is 93.2 Å². The third kappa shape index (κ3) is 3.47. The van der Waals surface area contributed by atoms with E-state index in [1.54, 1.807) is 36.7 Å². The summed E-state index contributed by atoms with van der Waals surface area (Å²) in [6.07, 6.45) is 3.28. The fourth-order valence-electron chi connectivity index (χ4n) is 3.09. The Bertz CT molecular complexity index is 1150. The van der Waals surface area contributed by atoms with Gasteiger partial charge in [-0.1, -0.05) is 53.0 Å². The largest absolute Gasteiger partial charge is 0.505 e. The van der Waals surface area contributed by atoms with Crippen LogP contribution in [0.25, 0.3) is 10.9 Å². The summed E-state index contributed by atoms with van der Waals surface area (Å²) in [5.74, 6) is 0.629. The molecule has 0 saturated carbocycles. The smallest absolute Gasteiger partial charge is 0.147 e. The molecule has 0 radical (unpaired) electrons. The van der Waals surface area contributed by atoms with Crippen molar-refractivity contribution in [1.82, 2.24) is 9.97 Å². The molecule has 0 saturated heterocycles. The van der Waals surface area contributed by atoms with Crippen LogP contribution in [0.15, 0.2) is 67.0 Å². The summed E-state index contributed by atoms with van der Waals surface area (Å²) < 4.78 is 0. The van der Waals surface area contributed by atoms with Gasteiger partial charge >= 0.3 is 0 Å². The molecular formula is C21H14Cl3N3O. The zero-order valence-corrected chi connectivity index (χ0v) is 16.7. The Morgan fingerprint density at radius 3 is 2.43 bits per heavy atom. The fourth-order valence-corrected chi connectivity index (χ4v) is 3.78. The van der Waals surface area contributed by atoms with Crippen LogP contribution < -0.4 is 5.32 Å². The number of anilines is 1. The van der Waals surface area contributed by atoms with Crippen molar-refractivity contribution in [2.45, 2.75) is 6.04 Å². The third-order valence-electron chi connectivity index (χ3n) is 4.41. The molecule has 4 nitrogen and oxygen atoms in total. The number of halogens is 3. The summed E-state index contributed by atoms with van der Waals surface area (Å²) in [7, 11) is 0. The predicted molar refractivity (Wildman–Crippen MR) is 115 cm³/mol. The Hall–Kier alpha value is -2.53. The summed E-state index contributed by atoms with van der Waals surface area (Å²) in [5.41, 5.74) is 1.61. The Labute approximate surface area is 176 Å². The van der Waals surface area contributed by atoms with Gasteiger partial charge in [0.05, 0.1) is 21.1 Å². The van der Waals surface area contributed by atoms with E-state index >= 15 is 0 Å². The van der Waals surface area contributed by atoms with Crippen LogP contribution in [0.1, 0.15) is 17.2 Å². The van der Waals surface area contributed by atoms with E-state index in [0.29, 0.717) is 42.9 Å². The highest BCUT2D eigenvalue weighted by Crippen LogP contribution is 2.42. The minimum absolute atomic E-state index is 0.0180. The highest BCUT2D eigenvalue weighted by atomic mass is 35.5. The van der Waals surface area contributed by atoms with Crippen LogP contribution in [-0.4, -0.2) is 15.1 Å². The van der Waals surface area contributed by atoms with E-state index in [4.69, 9.17) is 34.8 Å². The lowest BCUT2D eigenvalue weighted by atomic mass is 9.96. The predicted octanol–water partition coefficient (Wildman–Crippen LogP) is 6.50. The lowest BCUT2D eigenvalue weighted by Gasteiger charge is -2.23. The van der Waals surface area contributed by atoms with Gasteiger partial charge in [0.1, 0.15) is 17.1 Å². The van der Waals surface area contributed by atoms with Gasteiger partial charge in [-0.15, -0.1) is 0 Å². The van der Waals surface area contributed by atoms with Crippen molar-refractivity contribution in [2.75, 3.05) is 5.32 Å². The number of fused-ring (bicyclic) bond motifs is 1. The zero-order valence-electron chi connectivity index (χ0n) is 14.4. The molecule has 0 spiro atoms. The number of phenols is 1. The van der Waals surface area contributed by atoms with Crippen molar-refractivity contribution in [2.24, 2.45) is 0 Å². The second-order valence-corrected chi connectivity index (χ2v) is 7.32. The van der Waals surface area contributed by atoms with Gasteiger partial charge < -0.3 is 10.4 Å². The number of aromatic hydroxyl groups is 1. The van der Waals surface area contributed by atoms with E-state index in [-0.39, 0.29) is 5.75 Å². The van der Waals surface area contributed by atoms with Gasteiger partial charge in [0.2, 0.25) is 0 Å². The topological polar surface area (TPSA) is 58.0 Å². The van der Waals surface area contributed by atoms with Gasteiger partial charge in [-0.05, 0) is 42.0 Å². The minimum Gasteiger partial charge on any atom is -0.505 e. The van der Waals surface area contributed by atoms with Crippen LogP contribution >= 0.6 is 34.8 Å². The van der Waals surface area contributed by atoms with Crippen LogP contribution in [0, 0.1) is 0 Å². The maximum absolute atomic E-state index is 11.0. The van der Waals surface area contributed by atoms with Gasteiger partial charge in [0, 0.05) is 23.3 Å². The molecule has 4 aromatic rings. The monoisotopic (exact) mass is 429 g/mol. The molecule has 2 N–H and O–H groups in total. The number of nitrogens with one attached hydrogen (secondary N) is 1. The lowest BCUT2D eigenvalue weighted by Crippen LogP contribution is -2.14. The summed E-state index contributed by atoms with van der Waals surface area (Å²) in [6, 6.07) is 15.6. The van der Waals surface area contributed by atoms with Crippen molar-refractivity contribution >= 4 is 51.5 Å². The summed E-state index contributed by atoms with van der Waals surface area (Å²) in [5, 5.41) is 16.2. The van der Waals surface area contributed by atoms with Gasteiger partial charge in [0.25, 0.3) is 0 Å². The number of pyridine rings is 2. The number of nitrogens with zero attached hydrogens (tertiary/aromatic N) is 2. The van der Waals surface area contributed by atoms with Crippen LogP contribution in [-0.2, 0) is 0 Å². The fraction of sp³-hybridized carbons (Fsp3) is 0.0476. The molecule has 1 atom stereocenters. The standard InChI is InChI=1S/C21H14Cl3N3O/c22-15-7-3-5-13(18(15)24)19(27-17-8-1-2-9-25-17)14-11-16(23)12-6-4-10-26-20(12)21(14)28/h1-11,19,28H,(H,25,27). The van der Waals surface area contributed by atoms with Crippen molar-refractivity contribution in [3.8, 4) is 5.75 Å². The van der Waals surface area contributed by atoms with Crippen LogP contribution in [0.5, 0.6) is 5.75 Å². The average Bonchev–Trinajstić information content (AvgIpc) is 2.72. The molecule has 0 bridgehead atoms. The highest BCUT2D eigenvalue weighted by molar-refractivity contribution is 6.42. The van der Waals surface area contributed by atoms with E-state index in [9.17, 15) is 5.11 Å². The molecule has 0 aliphatic carbocycles. The Morgan fingerprint density at radius 2 is 1.64 bits per heavy atom. The third-order valence-corrected chi connectivity index (χ3v) is 5.55. The van der Waals surface area contributed by atoms with Gasteiger partial charge in [-0.3, -0.25) is 4.98 Å². The van der Waals surface area contributed by atoms with E-state index in [0.717, 1.165) is 0 Å². The van der Waals surface area contributed by atoms with Gasteiger partial charge in [0.15, 0.2) is 0 Å². The first kappa shape index (κ1) is 18.8. The van der Waals surface area contributed by atoms with Crippen molar-refractivity contribution < 1.29 is 5.11 Å². The number of benzene rings is 2. The Kier molecular flexibility index (Phi) is 5.27. The molecular weight excluding hydrogens is 417 g/mol. The molecule has 7 heteroatoms. The normalized spacial score (nSPS) is 12.1. The molecule has 2 aromatic carbocycles. The average molecular weight is 431 g/mol. The Balaban J connectivity index is 1.94. The molecule has 140 valence electrons. The maximum atomic E-state index is 11.0. The summed E-state index contributed by atoms with van der Waals surface area (Å²) >= 11 is 19.2. The molecule has 0 aliphatic heterocycles. The molecule has 0 amide bonds. The van der Waals surface area contributed by atoms with E-state index < -0.39 is 6.04 Å². The first-order valence-electron chi connectivity index (χ1n) is 8.44. The van der Waals surface area contributed by atoms with Gasteiger partial charge in [-0.2, -0.15) is 0 Å². The molecule has 2 heterocycles. The molecule has 28 heavy (non-hydrogen) atoms. The quantitative estimate of drug-likeness (QED) is 0.388. The first-order valence-corrected chi connectivity index (χ1v) is 9.57. The van der Waals surface area contributed by atoms with E-state index in [2.05, 4.69) is 15.3 Å². The van der Waals surface area contributed by atoms with Crippen molar-refractivity contribution in [3.63, 3.8) is 0 Å². The number of rotatable bonds is 4. The second kappa shape index (κ2) is 7.84. The van der Waals surface area contributed by atoms with Crippen LogP contribution in [0.4, 0.5) is 5.82 Å². The van der Waals surface area contributed by atoms with Crippen molar-refractivity contribution in [1.29, 1.82) is 0 Å². The van der Waals surface area contributed by atoms with Gasteiger partial charge in [-0.25, -0.2) is 4.98 Å².